The molecule has 0 radical (unpaired) electrons. The molecule has 4 heteroatoms. The van der Waals surface area contributed by atoms with Crippen LogP contribution in [-0.4, -0.2) is 35.8 Å². The summed E-state index contributed by atoms with van der Waals surface area (Å²) in [6.07, 6.45) is 0.541. The minimum Gasteiger partial charge on any atom is -0.445 e. The number of nitrogens with zero attached hydrogens (tertiary/aromatic N) is 1. The summed E-state index contributed by atoms with van der Waals surface area (Å²) in [5.74, 6) is 0.517. The number of carbonyl (C=O) groups excluding carboxylic acids is 1. The van der Waals surface area contributed by atoms with Crippen LogP contribution in [-0.2, 0) is 11.3 Å². The number of hydrogen-bond donors (Lipinski definition) is 1. The molecular weight excluding hydrogens is 242 g/mol. The lowest BCUT2D eigenvalue weighted by Gasteiger charge is -2.22. The molecule has 4 nitrogen and oxygen atoms in total. The maximum atomic E-state index is 11.9. The van der Waals surface area contributed by atoms with Crippen LogP contribution in [0.15, 0.2) is 30.3 Å². The number of carbonyl (C=O) groups is 1. The summed E-state index contributed by atoms with van der Waals surface area (Å²) in [5.41, 5.74) is 0.962. The zero-order valence-electron chi connectivity index (χ0n) is 11.7. The molecule has 1 rings (SSSR count). The largest absolute Gasteiger partial charge is 0.445 e. The lowest BCUT2D eigenvalue weighted by atomic mass is 10.1. The van der Waals surface area contributed by atoms with Crippen LogP contribution in [0, 0.1) is 5.92 Å². The van der Waals surface area contributed by atoms with Gasteiger partial charge in [0.2, 0.25) is 0 Å². The number of ether oxygens (including phenoxy) is 1. The molecule has 0 bridgehead atoms. The van der Waals surface area contributed by atoms with Gasteiger partial charge in [0.1, 0.15) is 6.61 Å². The van der Waals surface area contributed by atoms with Crippen molar-refractivity contribution in [3.05, 3.63) is 35.9 Å². The summed E-state index contributed by atoms with van der Waals surface area (Å²) in [6.45, 7) is 5.37. The van der Waals surface area contributed by atoms with Gasteiger partial charge in [-0.15, -0.1) is 0 Å². The van der Waals surface area contributed by atoms with E-state index in [1.165, 1.54) is 0 Å². The van der Waals surface area contributed by atoms with Gasteiger partial charge in [-0.2, -0.15) is 0 Å². The first kappa shape index (κ1) is 15.5. The lowest BCUT2D eigenvalue weighted by molar-refractivity contribution is 0.0868. The number of aliphatic hydroxyl groups is 1. The summed E-state index contributed by atoms with van der Waals surface area (Å²) in [7, 11) is 0. The van der Waals surface area contributed by atoms with Crippen LogP contribution in [0.25, 0.3) is 0 Å². The van der Waals surface area contributed by atoms with Crippen LogP contribution in [0.5, 0.6) is 0 Å². The van der Waals surface area contributed by atoms with Gasteiger partial charge in [0, 0.05) is 13.1 Å². The Bertz CT molecular complexity index is 365. The van der Waals surface area contributed by atoms with E-state index in [9.17, 15) is 4.79 Å². The van der Waals surface area contributed by atoms with E-state index in [0.717, 1.165) is 12.0 Å². The molecule has 0 atom stereocenters. The molecule has 106 valence electrons. The third kappa shape index (κ3) is 6.25. The fraction of sp³-hybridized carbons (Fsp3) is 0.533. The number of amides is 1. The quantitative estimate of drug-likeness (QED) is 0.824. The predicted molar refractivity (Wildman–Crippen MR) is 74.7 cm³/mol. The normalized spacial score (nSPS) is 10.5. The van der Waals surface area contributed by atoms with Gasteiger partial charge in [-0.1, -0.05) is 44.2 Å². The zero-order valence-corrected chi connectivity index (χ0v) is 11.7. The van der Waals surface area contributed by atoms with Crippen LogP contribution in [0.4, 0.5) is 4.79 Å². The molecule has 0 aliphatic carbocycles. The van der Waals surface area contributed by atoms with Crippen molar-refractivity contribution in [2.24, 2.45) is 5.92 Å². The van der Waals surface area contributed by atoms with Gasteiger partial charge >= 0.3 is 6.09 Å². The second-order valence-corrected chi connectivity index (χ2v) is 4.93. The molecule has 0 unspecified atom stereocenters. The van der Waals surface area contributed by atoms with Crippen molar-refractivity contribution in [1.29, 1.82) is 0 Å². The van der Waals surface area contributed by atoms with Gasteiger partial charge < -0.3 is 14.7 Å². The average molecular weight is 265 g/mol. The van der Waals surface area contributed by atoms with Crippen molar-refractivity contribution in [1.82, 2.24) is 4.90 Å². The van der Waals surface area contributed by atoms with Crippen molar-refractivity contribution in [3.63, 3.8) is 0 Å². The van der Waals surface area contributed by atoms with E-state index in [-0.39, 0.29) is 19.3 Å². The second kappa shape index (κ2) is 8.53. The summed E-state index contributed by atoms with van der Waals surface area (Å²) in [5, 5.41) is 8.99. The molecule has 19 heavy (non-hydrogen) atoms. The smallest absolute Gasteiger partial charge is 0.410 e. The van der Waals surface area contributed by atoms with E-state index < -0.39 is 0 Å². The molecule has 0 saturated heterocycles. The summed E-state index contributed by atoms with van der Waals surface area (Å²) >= 11 is 0. The fourth-order valence-corrected chi connectivity index (χ4v) is 1.64. The van der Waals surface area contributed by atoms with E-state index in [1.807, 2.05) is 30.3 Å². The highest BCUT2D eigenvalue weighted by molar-refractivity contribution is 5.67. The summed E-state index contributed by atoms with van der Waals surface area (Å²) in [6, 6.07) is 9.57. The van der Waals surface area contributed by atoms with E-state index >= 15 is 0 Å². The van der Waals surface area contributed by atoms with Crippen molar-refractivity contribution in [3.8, 4) is 0 Å². The highest BCUT2D eigenvalue weighted by Gasteiger charge is 2.14. The molecule has 0 aromatic heterocycles. The van der Waals surface area contributed by atoms with Gasteiger partial charge in [-0.25, -0.2) is 4.79 Å². The molecule has 0 aliphatic rings. The van der Waals surface area contributed by atoms with Gasteiger partial charge in [-0.3, -0.25) is 0 Å². The zero-order chi connectivity index (χ0) is 14.1. The first-order valence-electron chi connectivity index (χ1n) is 6.70. The summed E-state index contributed by atoms with van der Waals surface area (Å²) in [4.78, 5) is 13.5. The Morgan fingerprint density at radius 1 is 1.26 bits per heavy atom. The first-order chi connectivity index (χ1) is 9.13. The van der Waals surface area contributed by atoms with Crippen LogP contribution < -0.4 is 0 Å². The van der Waals surface area contributed by atoms with E-state index in [2.05, 4.69) is 13.8 Å². The second-order valence-electron chi connectivity index (χ2n) is 4.93. The van der Waals surface area contributed by atoms with Crippen molar-refractivity contribution in [2.45, 2.75) is 26.9 Å². The summed E-state index contributed by atoms with van der Waals surface area (Å²) < 4.78 is 5.25. The van der Waals surface area contributed by atoms with Crippen LogP contribution >= 0.6 is 0 Å². The maximum absolute atomic E-state index is 11.9. The van der Waals surface area contributed by atoms with E-state index in [0.29, 0.717) is 19.0 Å². The third-order valence-corrected chi connectivity index (χ3v) is 2.81. The van der Waals surface area contributed by atoms with Crippen LogP contribution in [0.2, 0.25) is 0 Å². The molecule has 0 spiro atoms. The molecule has 1 aromatic carbocycles. The van der Waals surface area contributed by atoms with Crippen molar-refractivity contribution in [2.75, 3.05) is 19.7 Å². The average Bonchev–Trinajstić information content (AvgIpc) is 2.41. The standard InChI is InChI=1S/C15H23NO3/c1-13(2)8-9-16(10-11-17)15(18)19-12-14-6-4-3-5-7-14/h3-7,13,17H,8-12H2,1-2H3. The number of rotatable bonds is 7. The van der Waals surface area contributed by atoms with Crippen LogP contribution in [0.3, 0.4) is 0 Å². The third-order valence-electron chi connectivity index (χ3n) is 2.81. The van der Waals surface area contributed by atoms with Gasteiger partial charge in [0.15, 0.2) is 0 Å². The molecule has 0 aliphatic heterocycles. The van der Waals surface area contributed by atoms with Crippen LogP contribution in [0.1, 0.15) is 25.8 Å². The molecule has 0 heterocycles. The Morgan fingerprint density at radius 3 is 2.53 bits per heavy atom. The number of aliphatic hydroxyl groups excluding tert-OH is 1. The molecular formula is C15H23NO3. The van der Waals surface area contributed by atoms with Gasteiger partial charge in [0.25, 0.3) is 0 Å². The monoisotopic (exact) mass is 265 g/mol. The first-order valence-corrected chi connectivity index (χ1v) is 6.70. The Balaban J connectivity index is 2.43. The van der Waals surface area contributed by atoms with Gasteiger partial charge in [0.05, 0.1) is 6.61 Å². The Kier molecular flexibility index (Phi) is 6.97. The SMILES string of the molecule is CC(C)CCN(CCO)C(=O)OCc1ccccc1. The molecule has 0 saturated carbocycles. The Morgan fingerprint density at radius 2 is 1.95 bits per heavy atom. The molecule has 0 fully saturated rings. The highest BCUT2D eigenvalue weighted by Crippen LogP contribution is 2.06. The Hall–Kier alpha value is -1.55. The predicted octanol–water partition coefficient (Wildman–Crippen LogP) is 2.66. The Labute approximate surface area is 115 Å². The van der Waals surface area contributed by atoms with Gasteiger partial charge in [-0.05, 0) is 17.9 Å². The lowest BCUT2D eigenvalue weighted by Crippen LogP contribution is -2.35. The fourth-order valence-electron chi connectivity index (χ4n) is 1.64. The number of hydrogen-bond acceptors (Lipinski definition) is 3. The topological polar surface area (TPSA) is 49.8 Å². The van der Waals surface area contributed by atoms with E-state index in [4.69, 9.17) is 9.84 Å². The molecule has 1 aromatic rings. The number of benzene rings is 1. The maximum Gasteiger partial charge on any atom is 0.410 e. The minimum atomic E-state index is -0.362. The molecule has 1 N–H and O–H groups in total. The van der Waals surface area contributed by atoms with E-state index in [1.54, 1.807) is 4.90 Å². The molecule has 1 amide bonds. The highest BCUT2D eigenvalue weighted by atomic mass is 16.6. The minimum absolute atomic E-state index is 0.0431. The van der Waals surface area contributed by atoms with Crippen molar-refractivity contribution < 1.29 is 14.6 Å². The van der Waals surface area contributed by atoms with Crippen molar-refractivity contribution >= 4 is 6.09 Å².